The van der Waals surface area contributed by atoms with E-state index in [1.807, 2.05) is 18.2 Å². The number of carbonyl (C=O) groups excluding carboxylic acids is 2. The number of methoxy groups -OCH3 is 2. The number of benzene rings is 3. The molecule has 0 fully saturated rings. The van der Waals surface area contributed by atoms with E-state index in [4.69, 9.17) is 21.1 Å². The highest BCUT2D eigenvalue weighted by Crippen LogP contribution is 2.30. The van der Waals surface area contributed by atoms with Gasteiger partial charge in [-0.25, -0.2) is 0 Å². The van der Waals surface area contributed by atoms with Gasteiger partial charge in [0.25, 0.3) is 5.91 Å². The van der Waals surface area contributed by atoms with E-state index in [1.165, 1.54) is 26.0 Å². The molecule has 3 aromatic rings. The lowest BCUT2D eigenvalue weighted by Gasteiger charge is -2.13. The van der Waals surface area contributed by atoms with E-state index in [2.05, 4.69) is 5.32 Å². The molecule has 0 bridgehead atoms. The van der Waals surface area contributed by atoms with Crippen molar-refractivity contribution in [1.29, 1.82) is 0 Å². The van der Waals surface area contributed by atoms with Crippen molar-refractivity contribution in [3.8, 4) is 11.5 Å². The fraction of sp³-hybridized carbons (Fsp3) is 0.130. The fourth-order valence-corrected chi connectivity index (χ4v) is 3.93. The van der Waals surface area contributed by atoms with Crippen molar-refractivity contribution in [3.05, 3.63) is 82.9 Å². The van der Waals surface area contributed by atoms with E-state index in [9.17, 15) is 9.59 Å². The van der Waals surface area contributed by atoms with Crippen molar-refractivity contribution in [3.63, 3.8) is 0 Å². The quantitative estimate of drug-likeness (QED) is 0.365. The summed E-state index contributed by atoms with van der Waals surface area (Å²) in [6.07, 6.45) is 0. The van der Waals surface area contributed by atoms with Crippen LogP contribution in [0.25, 0.3) is 0 Å². The predicted octanol–water partition coefficient (Wildman–Crippen LogP) is 5.58. The largest absolute Gasteiger partial charge is 0.496 e. The number of Topliss-reactive ketones (excluding diaryl/α,β-unsaturated/α-hetero) is 1. The van der Waals surface area contributed by atoms with Crippen molar-refractivity contribution in [2.24, 2.45) is 0 Å². The van der Waals surface area contributed by atoms with Crippen molar-refractivity contribution >= 4 is 40.7 Å². The Balaban J connectivity index is 1.71. The number of amides is 1. The number of nitrogens with one attached hydrogen (secondary N) is 1. The first-order valence-corrected chi connectivity index (χ1v) is 10.4. The van der Waals surface area contributed by atoms with E-state index in [-0.39, 0.29) is 17.4 Å². The van der Waals surface area contributed by atoms with Crippen LogP contribution in [0.1, 0.15) is 20.7 Å². The maximum atomic E-state index is 12.8. The number of ketones is 1. The standard InChI is InChI=1S/C23H20ClNO4S/c1-28-20-11-6-12-21(29-2)22(20)23(27)25-15-7-5-8-16(13-15)30-14-19(26)17-9-3-4-10-18(17)24/h3-13H,14H2,1-2H3,(H,25,27). The zero-order chi connectivity index (χ0) is 21.5. The van der Waals surface area contributed by atoms with Crippen LogP contribution in [-0.4, -0.2) is 31.7 Å². The molecule has 30 heavy (non-hydrogen) atoms. The van der Waals surface area contributed by atoms with Gasteiger partial charge in [-0.15, -0.1) is 11.8 Å². The Bertz CT molecular complexity index is 1050. The fourth-order valence-electron chi connectivity index (χ4n) is 2.85. The highest BCUT2D eigenvalue weighted by molar-refractivity contribution is 8.00. The van der Waals surface area contributed by atoms with Gasteiger partial charge >= 0.3 is 0 Å². The number of rotatable bonds is 8. The molecule has 0 unspecified atom stereocenters. The molecule has 154 valence electrons. The zero-order valence-corrected chi connectivity index (χ0v) is 18.0. The summed E-state index contributed by atoms with van der Waals surface area (Å²) >= 11 is 7.47. The third-order valence-corrected chi connectivity index (χ3v) is 5.61. The molecule has 5 nitrogen and oxygen atoms in total. The molecule has 0 aliphatic carbocycles. The van der Waals surface area contributed by atoms with E-state index >= 15 is 0 Å². The molecule has 7 heteroatoms. The first kappa shape index (κ1) is 21.7. The third-order valence-electron chi connectivity index (χ3n) is 4.29. The number of ether oxygens (including phenoxy) is 2. The second-order valence-corrected chi connectivity index (χ2v) is 7.67. The van der Waals surface area contributed by atoms with Crippen LogP contribution in [0.5, 0.6) is 11.5 Å². The summed E-state index contributed by atoms with van der Waals surface area (Å²) in [4.78, 5) is 26.1. The molecule has 1 N–H and O–H groups in total. The van der Waals surface area contributed by atoms with Crippen LogP contribution in [0.4, 0.5) is 5.69 Å². The number of thioether (sulfide) groups is 1. The first-order valence-electron chi connectivity index (χ1n) is 9.06. The van der Waals surface area contributed by atoms with E-state index < -0.39 is 0 Å². The van der Waals surface area contributed by atoms with Gasteiger partial charge in [-0.3, -0.25) is 9.59 Å². The number of hydrogen-bond donors (Lipinski definition) is 1. The monoisotopic (exact) mass is 441 g/mol. The summed E-state index contributed by atoms with van der Waals surface area (Å²) in [5.74, 6) is 0.671. The van der Waals surface area contributed by atoms with Crippen LogP contribution in [0.15, 0.2) is 71.6 Å². The van der Waals surface area contributed by atoms with Gasteiger partial charge in [-0.2, -0.15) is 0 Å². The minimum absolute atomic E-state index is 0.0567. The van der Waals surface area contributed by atoms with Crippen molar-refractivity contribution < 1.29 is 19.1 Å². The summed E-state index contributed by atoms with van der Waals surface area (Å²) in [7, 11) is 3.00. The number of anilines is 1. The Hall–Kier alpha value is -2.96. The molecule has 1 amide bonds. The number of hydrogen-bond acceptors (Lipinski definition) is 5. The van der Waals surface area contributed by atoms with Gasteiger partial charge in [0.1, 0.15) is 17.1 Å². The Labute approximate surface area is 184 Å². The number of halogens is 1. The molecule has 3 rings (SSSR count). The lowest BCUT2D eigenvalue weighted by Crippen LogP contribution is -2.14. The highest BCUT2D eigenvalue weighted by Gasteiger charge is 2.18. The molecular formula is C23H20ClNO4S. The van der Waals surface area contributed by atoms with Gasteiger partial charge in [-0.05, 0) is 42.5 Å². The zero-order valence-electron chi connectivity index (χ0n) is 16.5. The third kappa shape index (κ3) is 5.14. The van der Waals surface area contributed by atoms with Gasteiger partial charge in [0.15, 0.2) is 5.78 Å². The molecule has 0 heterocycles. The normalized spacial score (nSPS) is 10.4. The molecule has 0 aliphatic heterocycles. The maximum absolute atomic E-state index is 12.8. The molecule has 0 atom stereocenters. The topological polar surface area (TPSA) is 64.6 Å². The summed E-state index contributed by atoms with van der Waals surface area (Å²) in [5.41, 5.74) is 1.41. The SMILES string of the molecule is COc1cccc(OC)c1C(=O)Nc1cccc(SCC(=O)c2ccccc2Cl)c1. The van der Waals surface area contributed by atoms with Crippen LogP contribution in [0.3, 0.4) is 0 Å². The van der Waals surface area contributed by atoms with Gasteiger partial charge in [-0.1, -0.05) is 35.9 Å². The summed E-state index contributed by atoms with van der Waals surface area (Å²) < 4.78 is 10.6. The second kappa shape index (κ2) is 10.2. The van der Waals surface area contributed by atoms with Crippen LogP contribution < -0.4 is 14.8 Å². The van der Waals surface area contributed by atoms with Gasteiger partial charge in [0.05, 0.1) is 25.0 Å². The molecule has 0 aliphatic rings. The molecule has 3 aromatic carbocycles. The molecular weight excluding hydrogens is 422 g/mol. The second-order valence-electron chi connectivity index (χ2n) is 6.21. The van der Waals surface area contributed by atoms with Crippen molar-refractivity contribution in [2.75, 3.05) is 25.3 Å². The van der Waals surface area contributed by atoms with Crippen LogP contribution in [0.2, 0.25) is 5.02 Å². The first-order chi connectivity index (χ1) is 14.5. The average Bonchev–Trinajstić information content (AvgIpc) is 2.77. The van der Waals surface area contributed by atoms with Crippen LogP contribution in [0, 0.1) is 0 Å². The molecule has 0 spiro atoms. The lowest BCUT2D eigenvalue weighted by molar-refractivity contribution is 0.101. The Kier molecular flexibility index (Phi) is 7.38. The van der Waals surface area contributed by atoms with Crippen molar-refractivity contribution in [1.82, 2.24) is 0 Å². The van der Waals surface area contributed by atoms with Crippen molar-refractivity contribution in [2.45, 2.75) is 4.90 Å². The Morgan fingerprint density at radius 1 is 0.933 bits per heavy atom. The smallest absolute Gasteiger partial charge is 0.263 e. The van der Waals surface area contributed by atoms with Crippen LogP contribution in [-0.2, 0) is 0 Å². The van der Waals surface area contributed by atoms with Gasteiger partial charge in [0.2, 0.25) is 0 Å². The predicted molar refractivity (Wildman–Crippen MR) is 120 cm³/mol. The maximum Gasteiger partial charge on any atom is 0.263 e. The Morgan fingerprint density at radius 2 is 1.60 bits per heavy atom. The van der Waals surface area contributed by atoms with E-state index in [0.29, 0.717) is 33.3 Å². The molecule has 0 saturated carbocycles. The molecule has 0 radical (unpaired) electrons. The molecule has 0 aromatic heterocycles. The van der Waals surface area contributed by atoms with E-state index in [0.717, 1.165) is 4.90 Å². The summed E-state index contributed by atoms with van der Waals surface area (Å²) in [5, 5.41) is 3.30. The van der Waals surface area contributed by atoms with E-state index in [1.54, 1.807) is 48.5 Å². The van der Waals surface area contributed by atoms with Gasteiger partial charge in [0, 0.05) is 16.1 Å². The average molecular weight is 442 g/mol. The highest BCUT2D eigenvalue weighted by atomic mass is 35.5. The summed E-state index contributed by atoms with van der Waals surface area (Å²) in [6.45, 7) is 0. The minimum atomic E-state index is -0.349. The number of carbonyl (C=O) groups is 2. The molecule has 0 saturated heterocycles. The van der Waals surface area contributed by atoms with Gasteiger partial charge < -0.3 is 14.8 Å². The summed E-state index contributed by atoms with van der Waals surface area (Å²) in [6, 6.07) is 19.4. The Morgan fingerprint density at radius 3 is 2.27 bits per heavy atom. The lowest BCUT2D eigenvalue weighted by atomic mass is 10.1. The minimum Gasteiger partial charge on any atom is -0.496 e. The van der Waals surface area contributed by atoms with Crippen LogP contribution >= 0.6 is 23.4 Å².